The second kappa shape index (κ2) is 5.50. The van der Waals surface area contributed by atoms with E-state index in [1.54, 1.807) is 24.7 Å². The van der Waals surface area contributed by atoms with Crippen LogP contribution >= 0.6 is 11.6 Å². The number of fused-ring (bicyclic) bond motifs is 1. The normalized spacial score (nSPS) is 17.4. The van der Waals surface area contributed by atoms with Crippen LogP contribution in [0, 0.1) is 0 Å². The molecule has 0 aliphatic heterocycles. The molecule has 1 aliphatic carbocycles. The van der Waals surface area contributed by atoms with Crippen LogP contribution in [0.15, 0.2) is 24.7 Å². The van der Waals surface area contributed by atoms with Crippen LogP contribution in [0.3, 0.4) is 0 Å². The summed E-state index contributed by atoms with van der Waals surface area (Å²) in [7, 11) is 0. The molecule has 0 fully saturated rings. The van der Waals surface area contributed by atoms with Crippen LogP contribution in [0.1, 0.15) is 17.8 Å². The monoisotopic (exact) mass is 291 g/mol. The lowest BCUT2D eigenvalue weighted by atomic mass is 9.96. The number of pyridine rings is 1. The standard InChI is InChI=1S/C13H14ClN5O/c14-12-10(2-1-5-15-12)19-13(20)18-8-3-4-9-11(6-8)17-7-16-9/h1-2,5,7-8H,3-4,6H2,(H,16,17)(H2,18,19,20)/t8-/m1/s1. The van der Waals surface area contributed by atoms with Gasteiger partial charge in [0.25, 0.3) is 0 Å². The van der Waals surface area contributed by atoms with Crippen molar-refractivity contribution in [2.24, 2.45) is 0 Å². The van der Waals surface area contributed by atoms with Gasteiger partial charge < -0.3 is 15.6 Å². The van der Waals surface area contributed by atoms with Crippen LogP contribution in [0.4, 0.5) is 10.5 Å². The molecule has 0 aromatic carbocycles. The van der Waals surface area contributed by atoms with E-state index in [1.165, 1.54) is 0 Å². The topological polar surface area (TPSA) is 82.7 Å². The minimum atomic E-state index is -0.270. The Morgan fingerprint density at radius 2 is 2.35 bits per heavy atom. The first-order valence-electron chi connectivity index (χ1n) is 6.41. The zero-order valence-electron chi connectivity index (χ0n) is 10.7. The molecule has 0 bridgehead atoms. The van der Waals surface area contributed by atoms with Crippen molar-refractivity contribution in [3.8, 4) is 0 Å². The highest BCUT2D eigenvalue weighted by Gasteiger charge is 2.22. The Morgan fingerprint density at radius 3 is 3.20 bits per heavy atom. The average Bonchev–Trinajstić information content (AvgIpc) is 2.89. The number of aromatic amines is 1. The number of hydrogen-bond acceptors (Lipinski definition) is 3. The quantitative estimate of drug-likeness (QED) is 0.741. The van der Waals surface area contributed by atoms with Crippen molar-refractivity contribution in [1.82, 2.24) is 20.3 Å². The molecule has 0 saturated carbocycles. The molecule has 0 unspecified atom stereocenters. The Hall–Kier alpha value is -2.08. The minimum Gasteiger partial charge on any atom is -0.348 e. The summed E-state index contributed by atoms with van der Waals surface area (Å²) in [6, 6.07) is 3.26. The molecule has 7 heteroatoms. The molecule has 1 aliphatic rings. The van der Waals surface area contributed by atoms with E-state index in [1.807, 2.05) is 0 Å². The number of aromatic nitrogens is 3. The maximum atomic E-state index is 11.9. The number of halogens is 1. The number of urea groups is 1. The van der Waals surface area contributed by atoms with E-state index in [9.17, 15) is 4.79 Å². The van der Waals surface area contributed by atoms with E-state index >= 15 is 0 Å². The van der Waals surface area contributed by atoms with Crippen molar-refractivity contribution in [3.63, 3.8) is 0 Å². The van der Waals surface area contributed by atoms with Crippen LogP contribution < -0.4 is 10.6 Å². The molecule has 0 spiro atoms. The maximum absolute atomic E-state index is 11.9. The van der Waals surface area contributed by atoms with Gasteiger partial charge in [-0.25, -0.2) is 14.8 Å². The first-order chi connectivity index (χ1) is 9.72. The molecule has 2 aromatic rings. The Balaban J connectivity index is 1.59. The zero-order valence-corrected chi connectivity index (χ0v) is 11.4. The van der Waals surface area contributed by atoms with Crippen molar-refractivity contribution < 1.29 is 4.79 Å². The summed E-state index contributed by atoms with van der Waals surface area (Å²) in [4.78, 5) is 23.2. The third kappa shape index (κ3) is 2.75. The molecule has 2 aromatic heterocycles. The minimum absolute atomic E-state index is 0.0957. The van der Waals surface area contributed by atoms with Crippen molar-refractivity contribution >= 4 is 23.3 Å². The predicted octanol–water partition coefficient (Wildman–Crippen LogP) is 2.14. The number of anilines is 1. The second-order valence-electron chi connectivity index (χ2n) is 4.71. The van der Waals surface area contributed by atoms with Crippen molar-refractivity contribution in [1.29, 1.82) is 0 Å². The van der Waals surface area contributed by atoms with E-state index in [0.717, 1.165) is 30.7 Å². The molecule has 0 radical (unpaired) electrons. The molecule has 2 amide bonds. The van der Waals surface area contributed by atoms with Gasteiger partial charge in [0.15, 0.2) is 5.15 Å². The summed E-state index contributed by atoms with van der Waals surface area (Å²) in [6.45, 7) is 0. The number of aryl methyl sites for hydroxylation is 1. The average molecular weight is 292 g/mol. The number of carbonyl (C=O) groups is 1. The highest BCUT2D eigenvalue weighted by molar-refractivity contribution is 6.32. The maximum Gasteiger partial charge on any atom is 0.319 e. The SMILES string of the molecule is O=C(Nc1cccnc1Cl)N[C@@H]1CCc2nc[nH]c2C1. The van der Waals surface area contributed by atoms with Gasteiger partial charge in [-0.1, -0.05) is 11.6 Å². The van der Waals surface area contributed by atoms with Gasteiger partial charge in [0.1, 0.15) is 0 Å². The number of imidazole rings is 1. The molecular formula is C13H14ClN5O. The van der Waals surface area contributed by atoms with E-state index in [2.05, 4.69) is 25.6 Å². The summed E-state index contributed by atoms with van der Waals surface area (Å²) < 4.78 is 0. The second-order valence-corrected chi connectivity index (χ2v) is 5.07. The summed E-state index contributed by atoms with van der Waals surface area (Å²) >= 11 is 5.90. The highest BCUT2D eigenvalue weighted by Crippen LogP contribution is 2.19. The van der Waals surface area contributed by atoms with Gasteiger partial charge in [0.2, 0.25) is 0 Å². The molecule has 0 saturated heterocycles. The molecular weight excluding hydrogens is 278 g/mol. The lowest BCUT2D eigenvalue weighted by Gasteiger charge is -2.22. The third-order valence-electron chi connectivity index (χ3n) is 3.33. The highest BCUT2D eigenvalue weighted by atomic mass is 35.5. The van der Waals surface area contributed by atoms with E-state index < -0.39 is 0 Å². The number of hydrogen-bond donors (Lipinski definition) is 3. The van der Waals surface area contributed by atoms with Gasteiger partial charge in [-0.15, -0.1) is 0 Å². The van der Waals surface area contributed by atoms with E-state index in [0.29, 0.717) is 5.69 Å². The summed E-state index contributed by atoms with van der Waals surface area (Å²) in [6.07, 6.45) is 5.79. The molecule has 3 rings (SSSR count). The van der Waals surface area contributed by atoms with Gasteiger partial charge in [-0.2, -0.15) is 0 Å². The molecule has 2 heterocycles. The van der Waals surface area contributed by atoms with Crippen molar-refractivity contribution in [2.45, 2.75) is 25.3 Å². The largest absolute Gasteiger partial charge is 0.348 e. The summed E-state index contributed by atoms with van der Waals surface area (Å²) in [5.41, 5.74) is 2.70. The number of nitrogens with one attached hydrogen (secondary N) is 3. The predicted molar refractivity (Wildman–Crippen MR) is 75.8 cm³/mol. The van der Waals surface area contributed by atoms with Gasteiger partial charge in [0.05, 0.1) is 17.7 Å². The van der Waals surface area contributed by atoms with Crippen LogP contribution in [0.2, 0.25) is 5.15 Å². The van der Waals surface area contributed by atoms with E-state index in [-0.39, 0.29) is 17.2 Å². The zero-order chi connectivity index (χ0) is 13.9. The molecule has 104 valence electrons. The summed E-state index contributed by atoms with van der Waals surface area (Å²) in [5.74, 6) is 0. The van der Waals surface area contributed by atoms with Crippen molar-refractivity contribution in [2.75, 3.05) is 5.32 Å². The summed E-state index contributed by atoms with van der Waals surface area (Å²) in [5, 5.41) is 5.93. The Labute approximate surface area is 121 Å². The van der Waals surface area contributed by atoms with Gasteiger partial charge in [-0.05, 0) is 25.0 Å². The number of amides is 2. The smallest absolute Gasteiger partial charge is 0.319 e. The molecule has 3 N–H and O–H groups in total. The van der Waals surface area contributed by atoms with Crippen LogP contribution in [0.5, 0.6) is 0 Å². The van der Waals surface area contributed by atoms with E-state index in [4.69, 9.17) is 11.6 Å². The lowest BCUT2D eigenvalue weighted by molar-refractivity contribution is 0.247. The Kier molecular flexibility index (Phi) is 3.56. The van der Waals surface area contributed by atoms with Crippen LogP contribution in [-0.2, 0) is 12.8 Å². The number of rotatable bonds is 2. The fourth-order valence-electron chi connectivity index (χ4n) is 2.35. The van der Waals surface area contributed by atoms with Gasteiger partial charge >= 0.3 is 6.03 Å². The lowest BCUT2D eigenvalue weighted by Crippen LogP contribution is -2.41. The van der Waals surface area contributed by atoms with Gasteiger partial charge in [-0.3, -0.25) is 0 Å². The third-order valence-corrected chi connectivity index (χ3v) is 3.63. The molecule has 1 atom stereocenters. The van der Waals surface area contributed by atoms with Gasteiger partial charge in [0, 0.05) is 24.4 Å². The first-order valence-corrected chi connectivity index (χ1v) is 6.79. The van der Waals surface area contributed by atoms with Crippen molar-refractivity contribution in [3.05, 3.63) is 41.2 Å². The van der Waals surface area contributed by atoms with Crippen LogP contribution in [-0.4, -0.2) is 27.0 Å². The number of carbonyl (C=O) groups excluding carboxylic acids is 1. The Morgan fingerprint density at radius 1 is 1.45 bits per heavy atom. The first kappa shape index (κ1) is 12.9. The Bertz CT molecular complexity index is 627. The van der Waals surface area contributed by atoms with Crippen LogP contribution in [0.25, 0.3) is 0 Å². The fraction of sp³-hybridized carbons (Fsp3) is 0.308. The number of nitrogens with zero attached hydrogens (tertiary/aromatic N) is 2. The number of H-pyrrole nitrogens is 1. The molecule has 20 heavy (non-hydrogen) atoms. The molecule has 6 nitrogen and oxygen atoms in total. The fourth-order valence-corrected chi connectivity index (χ4v) is 2.51.